The van der Waals surface area contributed by atoms with Crippen molar-refractivity contribution in [2.24, 2.45) is 7.05 Å². The molecule has 2 aromatic carbocycles. The molecule has 0 saturated heterocycles. The molecule has 0 unspecified atom stereocenters. The van der Waals surface area contributed by atoms with Crippen LogP contribution in [0.2, 0.25) is 0 Å². The van der Waals surface area contributed by atoms with Crippen LogP contribution in [0, 0.1) is 0 Å². The molecule has 0 fully saturated rings. The van der Waals surface area contributed by atoms with Gasteiger partial charge in [0, 0.05) is 31.8 Å². The Morgan fingerprint density at radius 1 is 0.959 bits per heavy atom. The number of hydrogen-bond acceptors (Lipinski definition) is 14. The highest BCUT2D eigenvalue weighted by molar-refractivity contribution is 6.07. The van der Waals surface area contributed by atoms with Crippen molar-refractivity contribution in [2.45, 2.75) is 32.0 Å². The fourth-order valence-electron chi connectivity index (χ4n) is 4.95. The minimum Gasteiger partial charge on any atom is -0.504 e. The van der Waals surface area contributed by atoms with Crippen molar-refractivity contribution < 1.29 is 59.0 Å². The average Bonchev–Trinajstić information content (AvgIpc) is 3.48. The first-order valence-corrected chi connectivity index (χ1v) is 14.0. The Bertz CT molecular complexity index is 2310. The number of nitrogens with zero attached hydrogens (tertiary/aromatic N) is 4. The number of fused-ring (bicyclic) bond motifs is 2. The summed E-state index contributed by atoms with van der Waals surface area (Å²) in [6, 6.07) is 1.58. The third kappa shape index (κ3) is 6.66. The number of aromatic nitrogens is 4. The third-order valence-electron chi connectivity index (χ3n) is 7.32. The first kappa shape index (κ1) is 33.4. The molecule has 3 aromatic heterocycles. The van der Waals surface area contributed by atoms with Crippen molar-refractivity contribution in [1.82, 2.24) is 24.9 Å². The van der Waals surface area contributed by atoms with Crippen LogP contribution in [0.5, 0.6) is 23.0 Å². The number of esters is 1. The van der Waals surface area contributed by atoms with Crippen LogP contribution in [0.3, 0.4) is 0 Å². The summed E-state index contributed by atoms with van der Waals surface area (Å²) in [5.41, 5.74) is -3.25. The Kier molecular flexibility index (Phi) is 8.91. The molecule has 1 amide bonds. The van der Waals surface area contributed by atoms with Crippen LogP contribution in [-0.2, 0) is 39.3 Å². The van der Waals surface area contributed by atoms with Crippen molar-refractivity contribution in [3.05, 3.63) is 68.6 Å². The van der Waals surface area contributed by atoms with Gasteiger partial charge in [0.05, 0.1) is 33.6 Å². The summed E-state index contributed by atoms with van der Waals surface area (Å²) in [6.07, 6.45) is 2.49. The van der Waals surface area contributed by atoms with Crippen LogP contribution in [0.1, 0.15) is 28.9 Å². The van der Waals surface area contributed by atoms with Crippen LogP contribution in [0.15, 0.2) is 50.9 Å². The number of aryl methyl sites for hydroxylation is 1. The van der Waals surface area contributed by atoms with Crippen molar-refractivity contribution in [3.8, 4) is 34.1 Å². The van der Waals surface area contributed by atoms with Crippen LogP contribution in [0.4, 0.5) is 0 Å². The molecule has 7 N–H and O–H groups in total. The van der Waals surface area contributed by atoms with Crippen molar-refractivity contribution in [2.75, 3.05) is 0 Å². The Labute approximate surface area is 271 Å². The zero-order valence-corrected chi connectivity index (χ0v) is 25.1. The predicted molar refractivity (Wildman–Crippen MR) is 163 cm³/mol. The minimum absolute atomic E-state index is 0.0348. The van der Waals surface area contributed by atoms with E-state index in [9.17, 15) is 54.3 Å². The molecule has 0 radical (unpaired) electrons. The van der Waals surface area contributed by atoms with Crippen molar-refractivity contribution >= 4 is 45.7 Å². The molecule has 0 spiro atoms. The molecule has 1 atom stereocenters. The highest BCUT2D eigenvalue weighted by atomic mass is 16.5. The first-order valence-electron chi connectivity index (χ1n) is 14.0. The van der Waals surface area contributed by atoms with Crippen LogP contribution in [0.25, 0.3) is 33.0 Å². The fourth-order valence-corrected chi connectivity index (χ4v) is 4.95. The Morgan fingerprint density at radius 3 is 2.37 bits per heavy atom. The highest BCUT2D eigenvalue weighted by Gasteiger charge is 2.27. The Morgan fingerprint density at radius 2 is 1.67 bits per heavy atom. The molecule has 254 valence electrons. The number of aromatic hydroxyl groups is 4. The second kappa shape index (κ2) is 13.1. The van der Waals surface area contributed by atoms with Gasteiger partial charge in [-0.15, -0.1) is 5.10 Å². The molecular formula is C30H25N5O14. The number of phenols is 4. The van der Waals surface area contributed by atoms with Crippen LogP contribution >= 0.6 is 0 Å². The van der Waals surface area contributed by atoms with Gasteiger partial charge in [0.2, 0.25) is 11.3 Å². The van der Waals surface area contributed by atoms with Gasteiger partial charge in [-0.1, -0.05) is 5.21 Å². The van der Waals surface area contributed by atoms with Gasteiger partial charge in [-0.2, -0.15) is 0 Å². The number of carboxylic acid groups (broad SMARTS) is 2. The number of rotatable bonds is 11. The number of carbonyl (C=O) groups excluding carboxylic acids is 2. The smallest absolute Gasteiger partial charge is 0.343 e. The lowest BCUT2D eigenvalue weighted by molar-refractivity contribution is -0.143. The second-order valence-electron chi connectivity index (χ2n) is 10.7. The van der Waals surface area contributed by atoms with E-state index in [1.54, 1.807) is 0 Å². The molecule has 0 saturated carbocycles. The van der Waals surface area contributed by atoms with E-state index in [0.29, 0.717) is 0 Å². The number of carbonyl (C=O) groups is 4. The molecule has 0 bridgehead atoms. The summed E-state index contributed by atoms with van der Waals surface area (Å²) in [5.74, 6) is -7.79. The van der Waals surface area contributed by atoms with Crippen LogP contribution in [-0.4, -0.2) is 80.1 Å². The molecule has 5 rings (SSSR count). The zero-order valence-electron chi connectivity index (χ0n) is 25.1. The highest BCUT2D eigenvalue weighted by Crippen LogP contribution is 2.36. The lowest BCUT2D eigenvalue weighted by Crippen LogP contribution is -2.42. The molecule has 5 aromatic rings. The molecule has 0 aliphatic carbocycles. The van der Waals surface area contributed by atoms with Gasteiger partial charge in [0.25, 0.3) is 0 Å². The monoisotopic (exact) mass is 679 g/mol. The van der Waals surface area contributed by atoms with E-state index in [1.165, 1.54) is 24.0 Å². The topological polar surface area (TPSA) is 294 Å². The van der Waals surface area contributed by atoms with Gasteiger partial charge < -0.3 is 49.7 Å². The minimum atomic E-state index is -1.47. The molecule has 19 nitrogen and oxygen atoms in total. The predicted octanol–water partition coefficient (Wildman–Crippen LogP) is 0.517. The van der Waals surface area contributed by atoms with Gasteiger partial charge in [-0.25, -0.2) is 14.3 Å². The number of pyridine rings is 1. The summed E-state index contributed by atoms with van der Waals surface area (Å²) in [7, 11) is 1.51. The zero-order chi connectivity index (χ0) is 35.7. The number of hydrogen-bond donors (Lipinski definition) is 7. The van der Waals surface area contributed by atoms with Gasteiger partial charge >= 0.3 is 17.9 Å². The number of ether oxygens (including phenoxy) is 1. The van der Waals surface area contributed by atoms with E-state index in [0.717, 1.165) is 29.1 Å². The van der Waals surface area contributed by atoms with E-state index in [1.807, 2.05) is 0 Å². The second-order valence-corrected chi connectivity index (χ2v) is 10.7. The van der Waals surface area contributed by atoms with E-state index >= 15 is 0 Å². The number of carboxylic acids is 2. The van der Waals surface area contributed by atoms with E-state index < -0.39 is 94.2 Å². The van der Waals surface area contributed by atoms with E-state index in [2.05, 4.69) is 15.6 Å². The maximum absolute atomic E-state index is 13.8. The summed E-state index contributed by atoms with van der Waals surface area (Å²) >= 11 is 0. The molecule has 19 heteroatoms. The number of phenolic OH excluding ortho intramolecular Hbond substituents is 4. The summed E-state index contributed by atoms with van der Waals surface area (Å²) < 4.78 is 13.1. The standard InChI is InChI=1S/C30H25N5O14/c1-34-8-14(26(42)13-4-18(36)19(37)5-17(13)34)15-11-48-21-6-20(38)28(44)25(24(21)27(15)43)30(47)49-10-12-7-35(33-32-12)9-22(39)31-16(29(45)46)2-3-23(40)41/h4-8,11,16,36-38,44H,2-3,9-10H2,1H3,(H,31,39)(H,40,41)(H,45,46)/t16-/m0/s1. The molecule has 0 aliphatic heterocycles. The molecule has 3 heterocycles. The van der Waals surface area contributed by atoms with Crippen molar-refractivity contribution in [1.29, 1.82) is 0 Å². The third-order valence-corrected chi connectivity index (χ3v) is 7.32. The number of amides is 1. The van der Waals surface area contributed by atoms with Crippen molar-refractivity contribution in [3.63, 3.8) is 0 Å². The molecular weight excluding hydrogens is 654 g/mol. The van der Waals surface area contributed by atoms with Gasteiger partial charge in [-0.05, 0) is 12.5 Å². The maximum Gasteiger partial charge on any atom is 0.343 e. The Balaban J connectivity index is 1.41. The summed E-state index contributed by atoms with van der Waals surface area (Å²) in [5, 5.41) is 67.6. The van der Waals surface area contributed by atoms with Gasteiger partial charge in [0.15, 0.2) is 28.4 Å². The lowest BCUT2D eigenvalue weighted by atomic mass is 10.0. The molecule has 0 aliphatic rings. The quantitative estimate of drug-likeness (QED) is 0.0739. The van der Waals surface area contributed by atoms with Gasteiger partial charge in [0.1, 0.15) is 42.3 Å². The summed E-state index contributed by atoms with van der Waals surface area (Å²) in [4.78, 5) is 74.8. The molecule has 49 heavy (non-hydrogen) atoms. The van der Waals surface area contributed by atoms with E-state index in [-0.39, 0.29) is 39.7 Å². The maximum atomic E-state index is 13.8. The number of aliphatic carboxylic acids is 2. The average molecular weight is 680 g/mol. The van der Waals surface area contributed by atoms with Gasteiger partial charge in [-0.3, -0.25) is 19.2 Å². The normalized spacial score (nSPS) is 11.8. The summed E-state index contributed by atoms with van der Waals surface area (Å²) in [6.45, 7) is -1.16. The SMILES string of the molecule is Cn1cc(-c2coc3cc(O)c(O)c(C(=O)OCc4cn(CC(=O)N[C@@H](CCC(=O)O)C(=O)O)nn4)c3c2=O)c(=O)c2cc(O)c(O)cc21. The Hall–Kier alpha value is -6.92. The largest absolute Gasteiger partial charge is 0.504 e. The first-order chi connectivity index (χ1) is 23.2. The fraction of sp³-hybridized carbons (Fsp3) is 0.200. The number of benzene rings is 2. The number of nitrogens with one attached hydrogen (secondary N) is 1. The van der Waals surface area contributed by atoms with Crippen LogP contribution < -0.4 is 16.2 Å². The van der Waals surface area contributed by atoms with E-state index in [4.69, 9.17) is 14.3 Å². The lowest BCUT2D eigenvalue weighted by Gasteiger charge is -2.13.